The number of hydrogen-bond donors (Lipinski definition) is 0. The molecule has 0 bridgehead atoms. The topological polar surface area (TPSA) is 43.4 Å². The fourth-order valence-electron chi connectivity index (χ4n) is 1.57. The maximum Gasteiger partial charge on any atom is 0.233 e. The molecule has 0 heterocycles. The summed E-state index contributed by atoms with van der Waals surface area (Å²) in [7, 11) is 1.78. The lowest BCUT2D eigenvalue weighted by atomic mass is 9.82. The summed E-state index contributed by atoms with van der Waals surface area (Å²) in [5, 5.41) is 0.473. The predicted molar refractivity (Wildman–Crippen MR) is 87.2 cm³/mol. The summed E-state index contributed by atoms with van der Waals surface area (Å²) in [5.41, 5.74) is -0.246. The average Bonchev–Trinajstić information content (AvgIpc) is 2.23. The third-order valence-electron chi connectivity index (χ3n) is 2.96. The van der Waals surface area contributed by atoms with Crippen LogP contribution < -0.4 is 4.74 Å². The van der Waals surface area contributed by atoms with Gasteiger partial charge in [0, 0.05) is 21.1 Å². The van der Waals surface area contributed by atoms with E-state index in [0.29, 0.717) is 10.8 Å². The zero-order chi connectivity index (χ0) is 15.6. The third kappa shape index (κ3) is 6.20. The van der Waals surface area contributed by atoms with Crippen molar-refractivity contribution in [3.8, 4) is 5.75 Å². The van der Waals surface area contributed by atoms with Crippen LogP contribution in [0.4, 0.5) is 0 Å². The predicted octanol–water partition coefficient (Wildman–Crippen LogP) is 4.71. The maximum atomic E-state index is 11.3. The maximum absolute atomic E-state index is 11.3. The summed E-state index contributed by atoms with van der Waals surface area (Å²) < 4.78 is 29.1. The number of halogens is 3. The van der Waals surface area contributed by atoms with Crippen molar-refractivity contribution in [3.05, 3.63) is 27.7 Å². The molecular weight excluding hydrogens is 387 g/mol. The molecule has 0 aliphatic carbocycles. The van der Waals surface area contributed by atoms with Crippen molar-refractivity contribution in [2.45, 2.75) is 20.8 Å². The van der Waals surface area contributed by atoms with Crippen molar-refractivity contribution in [3.63, 3.8) is 0 Å². The molecule has 1 unspecified atom stereocenters. The summed E-state index contributed by atoms with van der Waals surface area (Å²) in [6, 6.07) is 5.27. The van der Waals surface area contributed by atoms with Gasteiger partial charge < -0.3 is 4.74 Å². The Morgan fingerprint density at radius 2 is 1.95 bits per heavy atom. The zero-order valence-corrected chi connectivity index (χ0v) is 15.4. The van der Waals surface area contributed by atoms with Crippen molar-refractivity contribution < 1.29 is 13.2 Å². The Hall–Kier alpha value is 0.0300. The minimum Gasteiger partial charge on any atom is -0.492 e. The normalized spacial score (nSPS) is 14.1. The first kappa shape index (κ1) is 18.1. The minimum atomic E-state index is -3.58. The van der Waals surface area contributed by atoms with Crippen LogP contribution in [0.1, 0.15) is 20.8 Å². The van der Waals surface area contributed by atoms with Crippen molar-refractivity contribution in [2.24, 2.45) is 11.3 Å². The molecule has 1 atom stereocenters. The summed E-state index contributed by atoms with van der Waals surface area (Å²) in [6.45, 7) is 6.08. The zero-order valence-electron chi connectivity index (χ0n) is 11.5. The largest absolute Gasteiger partial charge is 0.492 e. The first-order valence-electron chi connectivity index (χ1n) is 5.99. The van der Waals surface area contributed by atoms with E-state index in [2.05, 4.69) is 15.9 Å². The molecule has 114 valence electrons. The van der Waals surface area contributed by atoms with E-state index in [-0.39, 0.29) is 23.7 Å². The van der Waals surface area contributed by atoms with Crippen LogP contribution in [0.2, 0.25) is 5.02 Å². The van der Waals surface area contributed by atoms with Crippen LogP contribution in [0.5, 0.6) is 5.75 Å². The summed E-state index contributed by atoms with van der Waals surface area (Å²) in [5.74, 6) is 0.160. The van der Waals surface area contributed by atoms with Gasteiger partial charge in [-0.1, -0.05) is 48.3 Å². The van der Waals surface area contributed by atoms with E-state index < -0.39 is 9.05 Å². The molecule has 1 aromatic carbocycles. The van der Waals surface area contributed by atoms with E-state index in [1.54, 1.807) is 12.1 Å². The van der Waals surface area contributed by atoms with E-state index in [1.165, 1.54) is 0 Å². The lowest BCUT2D eigenvalue weighted by molar-refractivity contribution is 0.163. The molecule has 20 heavy (non-hydrogen) atoms. The van der Waals surface area contributed by atoms with Gasteiger partial charge in [-0.15, -0.1) is 0 Å². The van der Waals surface area contributed by atoms with Gasteiger partial charge in [-0.3, -0.25) is 0 Å². The molecule has 0 aromatic heterocycles. The molecule has 0 saturated heterocycles. The quantitative estimate of drug-likeness (QED) is 0.668. The minimum absolute atomic E-state index is 0.133. The standard InChI is InChI=1S/C13H17BrCl2O3S/c1-13(2,3)9(8-20(16,17)18)7-19-12-5-4-10(14)6-11(12)15/h4-6,9H,7-8H2,1-3H3. The van der Waals surface area contributed by atoms with Gasteiger partial charge in [-0.2, -0.15) is 0 Å². The molecule has 0 radical (unpaired) electrons. The van der Waals surface area contributed by atoms with Gasteiger partial charge >= 0.3 is 0 Å². The molecule has 0 amide bonds. The molecule has 0 aliphatic heterocycles. The molecule has 3 nitrogen and oxygen atoms in total. The van der Waals surface area contributed by atoms with Crippen molar-refractivity contribution in [1.29, 1.82) is 0 Å². The highest BCUT2D eigenvalue weighted by atomic mass is 79.9. The van der Waals surface area contributed by atoms with Gasteiger partial charge in [0.05, 0.1) is 17.4 Å². The molecule has 0 aliphatic rings. The Kier molecular flexibility index (Phi) is 6.20. The highest BCUT2D eigenvalue weighted by Gasteiger charge is 2.29. The van der Waals surface area contributed by atoms with Crippen LogP contribution >= 0.6 is 38.2 Å². The molecule has 0 saturated carbocycles. The lowest BCUT2D eigenvalue weighted by Gasteiger charge is -2.29. The van der Waals surface area contributed by atoms with Gasteiger partial charge in [0.15, 0.2) is 0 Å². The van der Waals surface area contributed by atoms with E-state index in [4.69, 9.17) is 27.0 Å². The second kappa shape index (κ2) is 6.86. The molecular formula is C13H17BrCl2O3S. The van der Waals surface area contributed by atoms with Crippen LogP contribution in [0.25, 0.3) is 0 Å². The number of ether oxygens (including phenoxy) is 1. The Balaban J connectivity index is 2.81. The molecule has 1 aromatic rings. The van der Waals surface area contributed by atoms with Crippen molar-refractivity contribution in [1.82, 2.24) is 0 Å². The van der Waals surface area contributed by atoms with Gasteiger partial charge in [0.1, 0.15) is 5.75 Å². The van der Waals surface area contributed by atoms with Crippen molar-refractivity contribution >= 4 is 47.3 Å². The molecule has 0 N–H and O–H groups in total. The van der Waals surface area contributed by atoms with Crippen LogP contribution in [-0.4, -0.2) is 20.8 Å². The lowest BCUT2D eigenvalue weighted by Crippen LogP contribution is -2.31. The van der Waals surface area contributed by atoms with E-state index in [1.807, 2.05) is 26.8 Å². The van der Waals surface area contributed by atoms with E-state index in [9.17, 15) is 8.42 Å². The smallest absolute Gasteiger partial charge is 0.233 e. The van der Waals surface area contributed by atoms with Crippen LogP contribution in [0, 0.1) is 11.3 Å². The SMILES string of the molecule is CC(C)(C)C(COc1ccc(Br)cc1Cl)CS(=O)(=O)Cl. The Bertz CT molecular complexity index is 567. The van der Waals surface area contributed by atoms with Crippen LogP contribution in [-0.2, 0) is 9.05 Å². The Morgan fingerprint density at radius 3 is 2.40 bits per heavy atom. The Labute approximate surface area is 138 Å². The number of benzene rings is 1. The highest BCUT2D eigenvalue weighted by molar-refractivity contribution is 9.10. The van der Waals surface area contributed by atoms with Gasteiger partial charge in [0.25, 0.3) is 0 Å². The summed E-state index contributed by atoms with van der Waals surface area (Å²) in [6.07, 6.45) is 0. The molecule has 0 spiro atoms. The highest BCUT2D eigenvalue weighted by Crippen LogP contribution is 2.32. The first-order chi connectivity index (χ1) is 8.99. The Morgan fingerprint density at radius 1 is 1.35 bits per heavy atom. The fourth-order valence-corrected chi connectivity index (χ4v) is 3.83. The van der Waals surface area contributed by atoms with Crippen LogP contribution in [0.3, 0.4) is 0 Å². The second-order valence-corrected chi connectivity index (χ2v) is 9.80. The van der Waals surface area contributed by atoms with Gasteiger partial charge in [-0.05, 0) is 23.6 Å². The fraction of sp³-hybridized carbons (Fsp3) is 0.538. The number of rotatable bonds is 5. The third-order valence-corrected chi connectivity index (χ3v) is 4.93. The molecule has 0 fully saturated rings. The average molecular weight is 404 g/mol. The monoisotopic (exact) mass is 402 g/mol. The second-order valence-electron chi connectivity index (χ2n) is 5.65. The number of hydrogen-bond acceptors (Lipinski definition) is 3. The van der Waals surface area contributed by atoms with E-state index in [0.717, 1.165) is 4.47 Å². The van der Waals surface area contributed by atoms with Crippen LogP contribution in [0.15, 0.2) is 22.7 Å². The summed E-state index contributed by atoms with van der Waals surface area (Å²) >= 11 is 9.37. The van der Waals surface area contributed by atoms with E-state index >= 15 is 0 Å². The molecule has 1 rings (SSSR count). The summed E-state index contributed by atoms with van der Waals surface area (Å²) in [4.78, 5) is 0. The first-order valence-corrected chi connectivity index (χ1v) is 9.64. The molecule has 7 heteroatoms. The van der Waals surface area contributed by atoms with Gasteiger partial charge in [-0.25, -0.2) is 8.42 Å². The van der Waals surface area contributed by atoms with Gasteiger partial charge in [0.2, 0.25) is 9.05 Å². The van der Waals surface area contributed by atoms with Crippen molar-refractivity contribution in [2.75, 3.05) is 12.4 Å².